The van der Waals surface area contributed by atoms with Crippen LogP contribution >= 0.6 is 0 Å². The molecule has 0 saturated heterocycles. The number of hydrogen-bond acceptors (Lipinski definition) is 5. The third-order valence-corrected chi connectivity index (χ3v) is 6.15. The minimum atomic E-state index is -4.18. The van der Waals surface area contributed by atoms with E-state index in [1.807, 2.05) is 0 Å². The molecule has 0 unspecified atom stereocenters. The van der Waals surface area contributed by atoms with Gasteiger partial charge in [0, 0.05) is 12.1 Å². The molecule has 0 aliphatic heterocycles. The molecule has 0 bridgehead atoms. The Hall–Kier alpha value is -3.98. The first-order valence-corrected chi connectivity index (χ1v) is 11.6. The number of halogens is 2. The summed E-state index contributed by atoms with van der Waals surface area (Å²) in [5.41, 5.74) is 0.882. The van der Waals surface area contributed by atoms with Gasteiger partial charge in [-0.15, -0.1) is 0 Å². The van der Waals surface area contributed by atoms with Crippen molar-refractivity contribution in [3.8, 4) is 5.75 Å². The Kier molecular flexibility index (Phi) is 6.74. The van der Waals surface area contributed by atoms with Crippen LogP contribution in [0.1, 0.15) is 21.7 Å². The van der Waals surface area contributed by atoms with E-state index in [0.717, 1.165) is 24.3 Å². The lowest BCUT2D eigenvalue weighted by Gasteiger charge is -2.22. The number of carbonyl (C=O) groups is 1. The first-order chi connectivity index (χ1) is 16.3. The first kappa shape index (κ1) is 23.2. The van der Waals surface area contributed by atoms with Crippen LogP contribution < -0.4 is 4.18 Å². The Bertz CT molecular complexity index is 1370. The van der Waals surface area contributed by atoms with E-state index in [-0.39, 0.29) is 29.6 Å². The molecule has 1 aromatic heterocycles. The smallest absolute Gasteiger partial charge is 0.339 e. The molecule has 0 fully saturated rings. The second kappa shape index (κ2) is 9.88. The summed E-state index contributed by atoms with van der Waals surface area (Å²) in [5, 5.41) is 0. The molecule has 3 aromatic carbocycles. The van der Waals surface area contributed by atoms with E-state index < -0.39 is 21.8 Å². The third-order valence-electron chi connectivity index (χ3n) is 4.89. The zero-order valence-electron chi connectivity index (χ0n) is 17.7. The van der Waals surface area contributed by atoms with E-state index in [0.29, 0.717) is 16.9 Å². The largest absolute Gasteiger partial charge is 0.467 e. The van der Waals surface area contributed by atoms with Crippen LogP contribution in [0.3, 0.4) is 0 Å². The van der Waals surface area contributed by atoms with E-state index in [1.54, 1.807) is 24.3 Å². The maximum absolute atomic E-state index is 13.3. The van der Waals surface area contributed by atoms with Crippen LogP contribution in [0.25, 0.3) is 0 Å². The average molecular weight is 483 g/mol. The summed E-state index contributed by atoms with van der Waals surface area (Å²) in [6.07, 6.45) is 1.49. The number of furan rings is 1. The van der Waals surface area contributed by atoms with Gasteiger partial charge in [0.05, 0.1) is 12.8 Å². The summed E-state index contributed by atoms with van der Waals surface area (Å²) < 4.78 is 62.1. The monoisotopic (exact) mass is 483 g/mol. The second-order valence-corrected chi connectivity index (χ2v) is 8.93. The Labute approximate surface area is 195 Å². The highest BCUT2D eigenvalue weighted by molar-refractivity contribution is 7.87. The van der Waals surface area contributed by atoms with Gasteiger partial charge in [0.15, 0.2) is 0 Å². The van der Waals surface area contributed by atoms with Gasteiger partial charge in [-0.05, 0) is 78.4 Å². The second-order valence-electron chi connectivity index (χ2n) is 7.39. The van der Waals surface area contributed by atoms with Crippen molar-refractivity contribution in [2.75, 3.05) is 0 Å². The molecule has 1 amide bonds. The van der Waals surface area contributed by atoms with Crippen molar-refractivity contribution in [1.29, 1.82) is 0 Å². The van der Waals surface area contributed by atoms with E-state index in [9.17, 15) is 22.0 Å². The van der Waals surface area contributed by atoms with Crippen LogP contribution in [0, 0.1) is 11.6 Å². The maximum atomic E-state index is 13.3. The highest BCUT2D eigenvalue weighted by atomic mass is 32.2. The van der Waals surface area contributed by atoms with Gasteiger partial charge in [-0.25, -0.2) is 8.78 Å². The van der Waals surface area contributed by atoms with Crippen LogP contribution in [0.5, 0.6) is 5.75 Å². The third kappa shape index (κ3) is 5.68. The van der Waals surface area contributed by atoms with Gasteiger partial charge < -0.3 is 13.5 Å². The molecule has 6 nitrogen and oxygen atoms in total. The zero-order valence-corrected chi connectivity index (χ0v) is 18.5. The van der Waals surface area contributed by atoms with E-state index in [1.165, 1.54) is 47.6 Å². The summed E-state index contributed by atoms with van der Waals surface area (Å²) >= 11 is 0. The molecule has 9 heteroatoms. The summed E-state index contributed by atoms with van der Waals surface area (Å²) in [6.45, 7) is 0.243. The lowest BCUT2D eigenvalue weighted by atomic mass is 10.1. The number of carbonyl (C=O) groups excluding carboxylic acids is 1. The van der Waals surface area contributed by atoms with E-state index in [2.05, 4.69) is 0 Å². The molecule has 0 N–H and O–H groups in total. The molecule has 4 aromatic rings. The van der Waals surface area contributed by atoms with Crippen molar-refractivity contribution in [1.82, 2.24) is 4.90 Å². The van der Waals surface area contributed by atoms with Crippen molar-refractivity contribution < 1.29 is 30.6 Å². The fraction of sp³-hybridized carbons (Fsp3) is 0.0800. The van der Waals surface area contributed by atoms with Crippen LogP contribution in [-0.4, -0.2) is 19.2 Å². The van der Waals surface area contributed by atoms with Gasteiger partial charge in [-0.1, -0.05) is 12.1 Å². The molecule has 0 saturated carbocycles. The number of benzene rings is 3. The lowest BCUT2D eigenvalue weighted by Crippen LogP contribution is -2.30. The van der Waals surface area contributed by atoms with Crippen LogP contribution in [-0.2, 0) is 23.2 Å². The molecule has 1 heterocycles. The van der Waals surface area contributed by atoms with Gasteiger partial charge in [-0.3, -0.25) is 4.79 Å². The van der Waals surface area contributed by atoms with Gasteiger partial charge >= 0.3 is 10.1 Å². The molecular formula is C25H19F2NO5S. The minimum Gasteiger partial charge on any atom is -0.467 e. The van der Waals surface area contributed by atoms with Crippen molar-refractivity contribution >= 4 is 16.0 Å². The molecule has 4 rings (SSSR count). The van der Waals surface area contributed by atoms with Crippen molar-refractivity contribution in [3.63, 3.8) is 0 Å². The van der Waals surface area contributed by atoms with Crippen LogP contribution in [0.2, 0.25) is 0 Å². The van der Waals surface area contributed by atoms with E-state index in [4.69, 9.17) is 8.60 Å². The minimum absolute atomic E-state index is 0.0361. The topological polar surface area (TPSA) is 76.8 Å². The first-order valence-electron chi connectivity index (χ1n) is 10.2. The van der Waals surface area contributed by atoms with Gasteiger partial charge in [0.2, 0.25) is 0 Å². The van der Waals surface area contributed by atoms with Crippen LogP contribution in [0.15, 0.2) is 101 Å². The molecule has 0 radical (unpaired) electrons. The Morgan fingerprint density at radius 2 is 1.53 bits per heavy atom. The maximum Gasteiger partial charge on any atom is 0.339 e. The SMILES string of the molecule is O=C(c1ccc(F)cc1)N(Cc1cccc(OS(=O)(=O)c2ccc(F)cc2)c1)Cc1ccco1. The molecule has 174 valence electrons. The van der Waals surface area contributed by atoms with Crippen LogP contribution in [0.4, 0.5) is 8.78 Å². The molecular weight excluding hydrogens is 464 g/mol. The zero-order chi connectivity index (χ0) is 24.1. The van der Waals surface area contributed by atoms with Gasteiger partial charge in [0.25, 0.3) is 5.91 Å². The van der Waals surface area contributed by atoms with Gasteiger partial charge in [0.1, 0.15) is 28.0 Å². The fourth-order valence-corrected chi connectivity index (χ4v) is 4.18. The molecule has 0 aliphatic carbocycles. The van der Waals surface area contributed by atoms with Gasteiger partial charge in [-0.2, -0.15) is 8.42 Å². The molecule has 0 spiro atoms. The Morgan fingerprint density at radius 1 is 0.853 bits per heavy atom. The quantitative estimate of drug-likeness (QED) is 0.323. The predicted molar refractivity (Wildman–Crippen MR) is 119 cm³/mol. The number of nitrogens with zero attached hydrogens (tertiary/aromatic N) is 1. The summed E-state index contributed by atoms with van der Waals surface area (Å²) in [5.74, 6) is -0.804. The summed E-state index contributed by atoms with van der Waals surface area (Å²) in [7, 11) is -4.18. The van der Waals surface area contributed by atoms with E-state index >= 15 is 0 Å². The van der Waals surface area contributed by atoms with Crippen molar-refractivity contribution in [2.24, 2.45) is 0 Å². The highest BCUT2D eigenvalue weighted by Crippen LogP contribution is 2.22. The van der Waals surface area contributed by atoms with Crippen molar-refractivity contribution in [2.45, 2.75) is 18.0 Å². The lowest BCUT2D eigenvalue weighted by molar-refractivity contribution is 0.0717. The van der Waals surface area contributed by atoms with Crippen molar-refractivity contribution in [3.05, 3.63) is 120 Å². The number of hydrogen-bond donors (Lipinski definition) is 0. The predicted octanol–water partition coefficient (Wildman–Crippen LogP) is 5.17. The standard InChI is InChI=1S/C25H19F2NO5S/c26-20-8-6-19(7-9-20)25(29)28(17-23-5-2-14-32-23)16-18-3-1-4-22(15-18)33-34(30,31)24-12-10-21(27)11-13-24/h1-15H,16-17H2. The fourth-order valence-electron chi connectivity index (χ4n) is 3.26. The summed E-state index contributed by atoms with van der Waals surface area (Å²) in [4.78, 5) is 14.4. The molecule has 0 atom stereocenters. The molecule has 34 heavy (non-hydrogen) atoms. The molecule has 0 aliphatic rings. The number of amides is 1. The Balaban J connectivity index is 1.56. The highest BCUT2D eigenvalue weighted by Gasteiger charge is 2.20. The number of rotatable bonds is 8. The normalized spacial score (nSPS) is 11.2. The summed E-state index contributed by atoms with van der Waals surface area (Å²) in [6, 6.07) is 19.1. The Morgan fingerprint density at radius 3 is 2.18 bits per heavy atom. The average Bonchev–Trinajstić information content (AvgIpc) is 3.32.